The summed E-state index contributed by atoms with van der Waals surface area (Å²) in [5.74, 6) is -1.53. The van der Waals surface area contributed by atoms with Gasteiger partial charge in [-0.1, -0.05) is 165 Å². The van der Waals surface area contributed by atoms with Crippen LogP contribution in [0.15, 0.2) is 48.6 Å². The van der Waals surface area contributed by atoms with E-state index in [9.17, 15) is 72.3 Å². The summed E-state index contributed by atoms with van der Waals surface area (Å²) in [5.41, 5.74) is 0. The van der Waals surface area contributed by atoms with Crippen LogP contribution in [0.4, 0.5) is 0 Å². The van der Waals surface area contributed by atoms with Gasteiger partial charge < -0.3 is 101 Å². The minimum atomic E-state index is -6.10. The minimum Gasteiger partial charge on any atom is -0.756 e. The molecule has 30 heteroatoms. The van der Waals surface area contributed by atoms with E-state index < -0.39 is 99.2 Å². The lowest BCUT2D eigenvalue weighted by Gasteiger charge is -2.49. The number of unbranched alkanes of at least 4 members (excludes halogenated alkanes) is 18. The summed E-state index contributed by atoms with van der Waals surface area (Å²) < 4.78 is 80.6. The van der Waals surface area contributed by atoms with Gasteiger partial charge in [-0.3, -0.25) is 27.8 Å². The van der Waals surface area contributed by atoms with Gasteiger partial charge >= 0.3 is 11.9 Å². The molecule has 26 nitrogen and oxygen atoms in total. The Labute approximate surface area is 456 Å². The van der Waals surface area contributed by atoms with Crippen LogP contribution in [0.5, 0.6) is 0 Å². The minimum absolute atomic E-state index is 0. The number of ether oxygens (including phenoxy) is 2. The van der Waals surface area contributed by atoms with E-state index in [1.165, 1.54) is 77.0 Å². The first-order valence-electron chi connectivity index (χ1n) is 25.6. The molecule has 0 heterocycles. The van der Waals surface area contributed by atoms with Crippen molar-refractivity contribution >= 4 is 43.2 Å². The molecule has 458 valence electrons. The highest BCUT2D eigenvalue weighted by Gasteiger charge is 2.56. The van der Waals surface area contributed by atoms with Crippen molar-refractivity contribution in [3.8, 4) is 0 Å². The van der Waals surface area contributed by atoms with Crippen molar-refractivity contribution in [3.63, 3.8) is 0 Å². The summed E-state index contributed by atoms with van der Waals surface area (Å²) in [4.78, 5) is 101. The molecule has 0 bridgehead atoms. The van der Waals surface area contributed by atoms with Crippen molar-refractivity contribution < 1.29 is 104 Å². The lowest BCUT2D eigenvalue weighted by Crippen LogP contribution is -2.66. The van der Waals surface area contributed by atoms with Crippen LogP contribution in [-0.4, -0.2) is 92.8 Å². The topological polar surface area (TPSA) is 506 Å². The fraction of sp³-hybridized carbons (Fsp3) is 0.787. The largest absolute Gasteiger partial charge is 0.756 e. The third-order valence-corrected chi connectivity index (χ3v) is 13.8. The standard InChI is InChI=1S/C47H86O22P4.4H3N/c1-3-5-7-9-11-13-15-17-19-20-22-24-26-28-30-32-34-36-41(49)65-39(37-63-40(48)35-33-31-29-27-25-23-21-18-16-14-12-10-8-6-4-2)38-64-73(61,62)69-44-42(50)45(66-70(52,53)54)47(68-72(58,59)60)46(43(44)51)67-71(55,56)57;;;;/h11,13,17,19,22,24,28,30,39,42-47,50-51H,3-10,12,14-16,18,20-21,23,25-27,29,31-38H2,1-2H3,(H,61,62)(H2,52,53,54)(H2,55,56,57)(H2,58,59,60);4*1H3/t39-,42+,43+,44?,45-,46+,47?;;;;/m1..../s1. The number of aliphatic hydroxyl groups excluding tert-OH is 2. The van der Waals surface area contributed by atoms with E-state index in [0.717, 1.165) is 51.4 Å². The molecule has 1 saturated carbocycles. The second kappa shape index (κ2) is 46.7. The van der Waals surface area contributed by atoms with Crippen molar-refractivity contribution in [2.75, 3.05) is 13.2 Å². The SMILES string of the molecule is CCCCCC=CCC=CCC=CCC=CCCCC(=O)O[C@H](COC(=O)CCCCCCCCCCCCCCCCC)COP(=O)([O-])OC1[C@H](O)[C@H](OP(=O)([O-])O)C(OP(=O)([O-])O)[C@H](OP(=O)([O-])O)[C@H]1O.[NH4+].[NH4+].[NH4+].[NH4+]. The third kappa shape index (κ3) is 44.4. The summed E-state index contributed by atoms with van der Waals surface area (Å²) in [6.07, 6.45) is 21.9. The Bertz CT molecular complexity index is 1800. The summed E-state index contributed by atoms with van der Waals surface area (Å²) in [6, 6.07) is 0. The maximum Gasteiger partial charge on any atom is 0.306 e. The number of phosphoric ester groups is 4. The highest BCUT2D eigenvalue weighted by atomic mass is 31.2. The molecular formula is C47H98N4O22P4. The van der Waals surface area contributed by atoms with Crippen molar-refractivity contribution in [3.05, 3.63) is 48.6 Å². The average molecular weight is 1200 g/mol. The van der Waals surface area contributed by atoms with Crippen molar-refractivity contribution in [2.24, 2.45) is 0 Å². The predicted octanol–water partition coefficient (Wildman–Crippen LogP) is 8.50. The Balaban J connectivity index is -0.00000666. The first kappa shape index (κ1) is 81.6. The van der Waals surface area contributed by atoms with E-state index in [0.29, 0.717) is 25.7 Å². The lowest BCUT2D eigenvalue weighted by atomic mass is 9.85. The van der Waals surface area contributed by atoms with Crippen LogP contribution < -0.4 is 44.2 Å². The normalized spacial score (nSPS) is 22.2. The molecule has 0 amide bonds. The van der Waals surface area contributed by atoms with E-state index in [1.54, 1.807) is 0 Å². The number of aliphatic hydroxyl groups is 2. The Kier molecular flexibility index (Phi) is 49.5. The molecule has 0 spiro atoms. The quantitative estimate of drug-likeness (QED) is 0.0119. The van der Waals surface area contributed by atoms with Gasteiger partial charge in [-0.25, -0.2) is 0 Å². The van der Waals surface area contributed by atoms with Gasteiger partial charge in [-0.15, -0.1) is 0 Å². The zero-order chi connectivity index (χ0) is 54.6. The smallest absolute Gasteiger partial charge is 0.306 e. The van der Waals surface area contributed by atoms with Crippen LogP contribution >= 0.6 is 31.3 Å². The number of carbonyl (C=O) groups is 2. The second-order valence-corrected chi connectivity index (χ2v) is 22.7. The van der Waals surface area contributed by atoms with Crippen LogP contribution in [-0.2, 0) is 59.9 Å². The lowest BCUT2D eigenvalue weighted by molar-refractivity contribution is -0.286. The Morgan fingerprint density at radius 1 is 0.455 bits per heavy atom. The number of allylic oxidation sites excluding steroid dienone is 8. The van der Waals surface area contributed by atoms with Crippen LogP contribution in [0.3, 0.4) is 0 Å². The van der Waals surface area contributed by atoms with Crippen molar-refractivity contribution in [1.82, 2.24) is 24.6 Å². The summed E-state index contributed by atoms with van der Waals surface area (Å²) in [7, 11) is -24.2. The first-order valence-corrected chi connectivity index (χ1v) is 31.5. The molecule has 21 N–H and O–H groups in total. The van der Waals surface area contributed by atoms with Crippen molar-refractivity contribution in [2.45, 2.75) is 224 Å². The van der Waals surface area contributed by atoms with Gasteiger partial charge in [0.1, 0.15) is 43.2 Å². The molecule has 0 aromatic rings. The molecule has 6 unspecified atom stereocenters. The van der Waals surface area contributed by atoms with E-state index in [4.69, 9.17) is 18.5 Å². The zero-order valence-corrected chi connectivity index (χ0v) is 50.0. The number of rotatable bonds is 44. The molecule has 1 rings (SSSR count). The number of hydrogen-bond donors (Lipinski definition) is 9. The maximum absolute atomic E-state index is 13.1. The number of hydrogen-bond acceptors (Lipinski definition) is 19. The number of carbonyl (C=O) groups excluding carboxylic acids is 2. The number of esters is 2. The fourth-order valence-corrected chi connectivity index (χ4v) is 10.3. The van der Waals surface area contributed by atoms with Crippen LogP contribution in [0, 0.1) is 0 Å². The monoisotopic (exact) mass is 1190 g/mol. The number of phosphoric acid groups is 4. The van der Waals surface area contributed by atoms with Crippen molar-refractivity contribution in [1.29, 1.82) is 0 Å². The molecule has 0 aromatic carbocycles. The Morgan fingerprint density at radius 2 is 0.805 bits per heavy atom. The Hall–Kier alpha value is -1.90. The summed E-state index contributed by atoms with van der Waals surface area (Å²) >= 11 is 0. The molecule has 1 fully saturated rings. The van der Waals surface area contributed by atoms with E-state index in [2.05, 4.69) is 51.7 Å². The Morgan fingerprint density at radius 3 is 1.22 bits per heavy atom. The predicted molar refractivity (Wildman–Crippen MR) is 287 cm³/mol. The third-order valence-electron chi connectivity index (χ3n) is 11.4. The van der Waals surface area contributed by atoms with Gasteiger partial charge in [0.25, 0.3) is 31.3 Å². The van der Waals surface area contributed by atoms with Crippen LogP contribution in [0.1, 0.15) is 181 Å². The zero-order valence-electron chi connectivity index (χ0n) is 46.4. The average Bonchev–Trinajstić information content (AvgIpc) is 3.30. The summed E-state index contributed by atoms with van der Waals surface area (Å²) in [6.45, 7) is 2.55. The number of quaternary nitrogens is 4. The molecule has 0 aromatic heterocycles. The van der Waals surface area contributed by atoms with Gasteiger partial charge in [0.05, 0.1) is 6.61 Å². The van der Waals surface area contributed by atoms with Crippen LogP contribution in [0.2, 0.25) is 0 Å². The summed E-state index contributed by atoms with van der Waals surface area (Å²) in [5, 5.41) is 21.7. The molecule has 77 heavy (non-hydrogen) atoms. The van der Waals surface area contributed by atoms with Crippen LogP contribution in [0.25, 0.3) is 0 Å². The van der Waals surface area contributed by atoms with E-state index in [-0.39, 0.29) is 37.4 Å². The molecule has 11 atom stereocenters. The fourth-order valence-electron chi connectivity index (χ4n) is 7.64. The highest BCUT2D eigenvalue weighted by Crippen LogP contribution is 2.50. The molecule has 1 aliphatic rings. The van der Waals surface area contributed by atoms with Gasteiger partial charge in [0.2, 0.25) is 0 Å². The van der Waals surface area contributed by atoms with Gasteiger partial charge in [-0.05, 0) is 51.4 Å². The molecule has 0 radical (unpaired) electrons. The second-order valence-electron chi connectivity index (χ2n) is 17.9. The highest BCUT2D eigenvalue weighted by molar-refractivity contribution is 7.46. The molecule has 1 aliphatic carbocycles. The van der Waals surface area contributed by atoms with Gasteiger partial charge in [-0.2, -0.15) is 0 Å². The molecule has 0 aliphatic heterocycles. The molecule has 0 saturated heterocycles. The first-order chi connectivity index (χ1) is 34.5. The van der Waals surface area contributed by atoms with E-state index >= 15 is 0 Å². The maximum atomic E-state index is 13.1. The van der Waals surface area contributed by atoms with Gasteiger partial charge in [0.15, 0.2) is 6.10 Å². The molecular weight excluding hydrogens is 1100 g/mol. The van der Waals surface area contributed by atoms with Gasteiger partial charge in [0, 0.05) is 12.8 Å². The van der Waals surface area contributed by atoms with E-state index in [1.807, 2.05) is 24.3 Å².